The molecule has 5 heteroatoms. The Morgan fingerprint density at radius 3 is 2.41 bits per heavy atom. The van der Waals surface area contributed by atoms with Gasteiger partial charge in [0.05, 0.1) is 5.75 Å². The van der Waals surface area contributed by atoms with Gasteiger partial charge in [0.15, 0.2) is 9.84 Å². The van der Waals surface area contributed by atoms with Crippen LogP contribution in [0.25, 0.3) is 0 Å². The Morgan fingerprint density at radius 2 is 1.82 bits per heavy atom. The molecule has 0 unspecified atom stereocenters. The van der Waals surface area contributed by atoms with Gasteiger partial charge < -0.3 is 5.32 Å². The first-order valence-corrected chi connectivity index (χ1v) is 7.41. The molecule has 0 aromatic heterocycles. The van der Waals surface area contributed by atoms with Crippen LogP contribution in [0.3, 0.4) is 0 Å². The predicted molar refractivity (Wildman–Crippen MR) is 67.7 cm³/mol. The van der Waals surface area contributed by atoms with Crippen molar-refractivity contribution in [2.75, 3.05) is 18.1 Å². The third-order valence-corrected chi connectivity index (χ3v) is 4.11. The molecule has 1 N–H and O–H groups in total. The molecule has 1 rings (SSSR count). The molecule has 1 aromatic rings. The zero-order valence-electron chi connectivity index (χ0n) is 9.85. The van der Waals surface area contributed by atoms with Crippen LogP contribution in [0.2, 0.25) is 0 Å². The lowest BCUT2D eigenvalue weighted by molar-refractivity contribution is 0.0956. The fraction of sp³-hybridized carbons (Fsp3) is 0.417. The van der Waals surface area contributed by atoms with E-state index in [1.807, 2.05) is 13.0 Å². The van der Waals surface area contributed by atoms with Crippen LogP contribution in [0.15, 0.2) is 30.3 Å². The lowest BCUT2D eigenvalue weighted by atomic mass is 10.2. The normalized spacial score (nSPS) is 11.1. The maximum absolute atomic E-state index is 11.6. The van der Waals surface area contributed by atoms with Crippen molar-refractivity contribution in [2.24, 2.45) is 0 Å². The third kappa shape index (κ3) is 4.99. The number of rotatable bonds is 6. The summed E-state index contributed by atoms with van der Waals surface area (Å²) in [5, 5.41) is 2.60. The molecule has 0 aliphatic rings. The maximum atomic E-state index is 11.6. The molecule has 0 heterocycles. The van der Waals surface area contributed by atoms with Crippen molar-refractivity contribution in [1.82, 2.24) is 5.32 Å². The molecule has 0 fully saturated rings. The molecule has 0 spiro atoms. The Balaban J connectivity index is 2.40. The van der Waals surface area contributed by atoms with E-state index < -0.39 is 9.84 Å². The number of hydrogen-bond donors (Lipinski definition) is 1. The second kappa shape index (κ2) is 6.39. The van der Waals surface area contributed by atoms with E-state index in [-0.39, 0.29) is 24.0 Å². The second-order valence-electron chi connectivity index (χ2n) is 3.77. The zero-order valence-corrected chi connectivity index (χ0v) is 10.7. The van der Waals surface area contributed by atoms with Gasteiger partial charge in [-0.3, -0.25) is 4.79 Å². The molecule has 0 aliphatic heterocycles. The molecule has 94 valence electrons. The van der Waals surface area contributed by atoms with E-state index in [0.29, 0.717) is 12.0 Å². The minimum Gasteiger partial charge on any atom is -0.351 e. The fourth-order valence-corrected chi connectivity index (χ4v) is 2.66. The van der Waals surface area contributed by atoms with Crippen LogP contribution >= 0.6 is 0 Å². The van der Waals surface area contributed by atoms with Crippen molar-refractivity contribution in [3.8, 4) is 0 Å². The highest BCUT2D eigenvalue weighted by atomic mass is 32.2. The average molecular weight is 255 g/mol. The summed E-state index contributed by atoms with van der Waals surface area (Å²) in [6, 6.07) is 8.74. The van der Waals surface area contributed by atoms with Crippen molar-refractivity contribution in [3.05, 3.63) is 35.9 Å². The van der Waals surface area contributed by atoms with Crippen molar-refractivity contribution in [3.63, 3.8) is 0 Å². The van der Waals surface area contributed by atoms with Gasteiger partial charge >= 0.3 is 0 Å². The largest absolute Gasteiger partial charge is 0.351 e. The van der Waals surface area contributed by atoms with E-state index in [0.717, 1.165) is 0 Å². The minimum absolute atomic E-state index is 0.000582. The molecule has 0 radical (unpaired) electrons. The molecule has 0 aliphatic carbocycles. The summed E-state index contributed by atoms with van der Waals surface area (Å²) >= 11 is 0. The first kappa shape index (κ1) is 13.7. The van der Waals surface area contributed by atoms with E-state index in [1.54, 1.807) is 24.3 Å². The summed E-state index contributed by atoms with van der Waals surface area (Å²) in [5.74, 6) is -0.0644. The van der Waals surface area contributed by atoms with Crippen LogP contribution in [-0.4, -0.2) is 32.4 Å². The van der Waals surface area contributed by atoms with E-state index in [1.165, 1.54) is 0 Å². The number of hydrogen-bond acceptors (Lipinski definition) is 3. The molecule has 0 saturated carbocycles. The molecule has 1 amide bonds. The first-order valence-electron chi connectivity index (χ1n) is 5.59. The standard InChI is InChI=1S/C12H17NO3S/c1-2-9-17(15,16)10-8-13-12(14)11-6-4-3-5-7-11/h3-7H,2,8-10H2,1H3,(H,13,14). The number of amides is 1. The van der Waals surface area contributed by atoms with E-state index in [2.05, 4.69) is 5.32 Å². The molecule has 1 aromatic carbocycles. The van der Waals surface area contributed by atoms with Gasteiger partial charge in [0.25, 0.3) is 5.91 Å². The van der Waals surface area contributed by atoms with Gasteiger partial charge in [0.2, 0.25) is 0 Å². The van der Waals surface area contributed by atoms with Crippen molar-refractivity contribution < 1.29 is 13.2 Å². The fourth-order valence-electron chi connectivity index (χ4n) is 1.42. The quantitative estimate of drug-likeness (QED) is 0.832. The van der Waals surface area contributed by atoms with Crippen LogP contribution in [0.4, 0.5) is 0 Å². The SMILES string of the molecule is CCCS(=O)(=O)CCNC(=O)c1ccccc1. The Morgan fingerprint density at radius 1 is 1.18 bits per heavy atom. The number of carbonyl (C=O) groups excluding carboxylic acids is 1. The van der Waals surface area contributed by atoms with E-state index in [4.69, 9.17) is 0 Å². The van der Waals surface area contributed by atoms with Gasteiger partial charge in [-0.15, -0.1) is 0 Å². The van der Waals surface area contributed by atoms with Gasteiger partial charge in [-0.05, 0) is 18.6 Å². The number of carbonyl (C=O) groups is 1. The van der Waals surface area contributed by atoms with Crippen molar-refractivity contribution in [1.29, 1.82) is 0 Å². The average Bonchev–Trinajstić information content (AvgIpc) is 2.29. The molecule has 4 nitrogen and oxygen atoms in total. The molecule has 0 saturated heterocycles. The Labute approximate surface area is 102 Å². The van der Waals surface area contributed by atoms with Crippen molar-refractivity contribution >= 4 is 15.7 Å². The lowest BCUT2D eigenvalue weighted by Crippen LogP contribution is -2.29. The summed E-state index contributed by atoms with van der Waals surface area (Å²) in [6.07, 6.45) is 0.606. The van der Waals surface area contributed by atoms with Gasteiger partial charge in [-0.25, -0.2) is 8.42 Å². The van der Waals surface area contributed by atoms with E-state index >= 15 is 0 Å². The number of benzene rings is 1. The minimum atomic E-state index is -3.02. The third-order valence-electron chi connectivity index (χ3n) is 2.25. The molecular weight excluding hydrogens is 238 g/mol. The van der Waals surface area contributed by atoms with Gasteiger partial charge in [0.1, 0.15) is 0 Å². The molecule has 17 heavy (non-hydrogen) atoms. The topological polar surface area (TPSA) is 63.2 Å². The second-order valence-corrected chi connectivity index (χ2v) is 6.08. The van der Waals surface area contributed by atoms with Crippen LogP contribution in [0.1, 0.15) is 23.7 Å². The van der Waals surface area contributed by atoms with Gasteiger partial charge in [-0.2, -0.15) is 0 Å². The van der Waals surface area contributed by atoms with Crippen LogP contribution < -0.4 is 5.32 Å². The summed E-state index contributed by atoms with van der Waals surface area (Å²) in [4.78, 5) is 11.6. The summed E-state index contributed by atoms with van der Waals surface area (Å²) in [6.45, 7) is 1.98. The molecular formula is C12H17NO3S. The lowest BCUT2D eigenvalue weighted by Gasteiger charge is -2.05. The summed E-state index contributed by atoms with van der Waals surface area (Å²) in [5.41, 5.74) is 0.542. The first-order chi connectivity index (χ1) is 8.05. The summed E-state index contributed by atoms with van der Waals surface area (Å²) < 4.78 is 22.8. The predicted octanol–water partition coefficient (Wildman–Crippen LogP) is 1.24. The molecule has 0 atom stereocenters. The maximum Gasteiger partial charge on any atom is 0.251 e. The molecule has 0 bridgehead atoms. The van der Waals surface area contributed by atoms with Crippen molar-refractivity contribution in [2.45, 2.75) is 13.3 Å². The Bertz CT molecular complexity index is 454. The highest BCUT2D eigenvalue weighted by Crippen LogP contribution is 1.98. The van der Waals surface area contributed by atoms with Crippen LogP contribution in [-0.2, 0) is 9.84 Å². The number of sulfone groups is 1. The number of nitrogens with one attached hydrogen (secondary N) is 1. The van der Waals surface area contributed by atoms with E-state index in [9.17, 15) is 13.2 Å². The Kier molecular flexibility index (Phi) is 5.15. The van der Waals surface area contributed by atoms with Crippen LogP contribution in [0.5, 0.6) is 0 Å². The summed E-state index contributed by atoms with van der Waals surface area (Å²) in [7, 11) is -3.02. The monoisotopic (exact) mass is 255 g/mol. The Hall–Kier alpha value is -1.36. The van der Waals surface area contributed by atoms with Gasteiger partial charge in [0, 0.05) is 17.9 Å². The van der Waals surface area contributed by atoms with Crippen LogP contribution in [0, 0.1) is 0 Å². The highest BCUT2D eigenvalue weighted by molar-refractivity contribution is 7.91. The highest BCUT2D eigenvalue weighted by Gasteiger charge is 2.10. The van der Waals surface area contributed by atoms with Gasteiger partial charge in [-0.1, -0.05) is 25.1 Å². The zero-order chi connectivity index (χ0) is 12.7. The smallest absolute Gasteiger partial charge is 0.251 e.